The molecule has 1 fully saturated rings. The van der Waals surface area contributed by atoms with Gasteiger partial charge in [-0.2, -0.15) is 0 Å². The molecule has 2 heterocycles. The number of piperidine rings is 1. The topological polar surface area (TPSA) is 116 Å². The van der Waals surface area contributed by atoms with E-state index in [1.807, 2.05) is 0 Å². The molecule has 0 spiro atoms. The molecule has 1 saturated heterocycles. The minimum atomic E-state index is -0.851. The Balaban J connectivity index is 2.17. The third-order valence-electron chi connectivity index (χ3n) is 4.03. The summed E-state index contributed by atoms with van der Waals surface area (Å²) in [5.74, 6) is -1.74. The number of hydrogen-bond donors (Lipinski definition) is 3. The number of quaternary nitrogens is 1. The lowest BCUT2D eigenvalue weighted by atomic mass is 10.1. The third kappa shape index (κ3) is 4.14. The summed E-state index contributed by atoms with van der Waals surface area (Å²) < 4.78 is 10.3. The highest BCUT2D eigenvalue weighted by Crippen LogP contribution is 2.27. The van der Waals surface area contributed by atoms with Crippen LogP contribution in [0, 0.1) is 6.92 Å². The maximum absolute atomic E-state index is 12.2. The van der Waals surface area contributed by atoms with E-state index in [0.29, 0.717) is 0 Å². The molecule has 2 amide bonds. The molecular weight excluding hydrogens is 314 g/mol. The van der Waals surface area contributed by atoms with Gasteiger partial charge < -0.3 is 19.8 Å². The Bertz CT molecular complexity index is 632. The largest absolute Gasteiger partial charge is 0.462 e. The number of nitrogens with two attached hydrogens (primary N) is 1. The Morgan fingerprint density at radius 3 is 2.46 bits per heavy atom. The number of nitrogens with one attached hydrogen (secondary N) is 2. The van der Waals surface area contributed by atoms with E-state index >= 15 is 0 Å². The Hall–Kier alpha value is -2.35. The number of furan rings is 1. The number of anilines is 1. The fourth-order valence-corrected chi connectivity index (χ4v) is 2.94. The highest BCUT2D eigenvalue weighted by Gasteiger charge is 2.29. The third-order valence-corrected chi connectivity index (χ3v) is 4.03. The van der Waals surface area contributed by atoms with Crippen LogP contribution in [0.5, 0.6) is 0 Å². The SMILES string of the molecule is CCOC(=O)c1c(C)oc(NC(=O)C[NH+]2CCCCC2)c1C(N)=O. The molecule has 24 heavy (non-hydrogen) atoms. The summed E-state index contributed by atoms with van der Waals surface area (Å²) in [6, 6.07) is 0. The predicted octanol–water partition coefficient (Wildman–Crippen LogP) is -0.129. The first-order valence-corrected chi connectivity index (χ1v) is 8.17. The molecule has 1 aromatic rings. The van der Waals surface area contributed by atoms with Gasteiger partial charge in [-0.25, -0.2) is 4.79 Å². The molecular formula is C16H24N3O5+. The summed E-state index contributed by atoms with van der Waals surface area (Å²) in [6.07, 6.45) is 3.39. The second-order valence-corrected chi connectivity index (χ2v) is 5.86. The predicted molar refractivity (Wildman–Crippen MR) is 86.0 cm³/mol. The molecule has 2 rings (SSSR count). The molecule has 8 heteroatoms. The molecule has 0 aliphatic carbocycles. The maximum Gasteiger partial charge on any atom is 0.342 e. The molecule has 1 aliphatic rings. The Morgan fingerprint density at radius 1 is 1.21 bits per heavy atom. The van der Waals surface area contributed by atoms with Crippen molar-refractivity contribution in [2.75, 3.05) is 31.6 Å². The van der Waals surface area contributed by atoms with Gasteiger partial charge in [0, 0.05) is 0 Å². The summed E-state index contributed by atoms with van der Waals surface area (Å²) in [5.41, 5.74) is 5.18. The number of hydrogen-bond acceptors (Lipinski definition) is 5. The van der Waals surface area contributed by atoms with E-state index in [9.17, 15) is 14.4 Å². The quantitative estimate of drug-likeness (QED) is 0.625. The van der Waals surface area contributed by atoms with Crippen LogP contribution in [-0.2, 0) is 9.53 Å². The van der Waals surface area contributed by atoms with Gasteiger partial charge in [-0.15, -0.1) is 0 Å². The van der Waals surface area contributed by atoms with Crippen LogP contribution >= 0.6 is 0 Å². The number of primary amides is 1. The van der Waals surface area contributed by atoms with E-state index in [4.69, 9.17) is 14.9 Å². The van der Waals surface area contributed by atoms with Crippen molar-refractivity contribution in [1.82, 2.24) is 0 Å². The smallest absolute Gasteiger partial charge is 0.342 e. The highest BCUT2D eigenvalue weighted by molar-refractivity contribution is 6.10. The maximum atomic E-state index is 12.2. The van der Waals surface area contributed by atoms with Crippen LogP contribution in [0.4, 0.5) is 5.88 Å². The van der Waals surface area contributed by atoms with Gasteiger partial charge in [-0.3, -0.25) is 14.9 Å². The lowest BCUT2D eigenvalue weighted by Crippen LogP contribution is -3.13. The molecule has 4 N–H and O–H groups in total. The standard InChI is InChI=1S/C16H23N3O5/c1-3-23-16(22)12-10(2)24-15(13(12)14(17)21)18-11(20)9-19-7-5-4-6-8-19/h3-9H2,1-2H3,(H2,17,21)(H,18,20)/p+1. The Kier molecular flexibility index (Phi) is 5.97. The number of ether oxygens (including phenoxy) is 1. The molecule has 0 radical (unpaired) electrons. The van der Waals surface area contributed by atoms with Gasteiger partial charge in [0.05, 0.1) is 19.7 Å². The summed E-state index contributed by atoms with van der Waals surface area (Å²) in [6.45, 7) is 5.50. The van der Waals surface area contributed by atoms with Gasteiger partial charge in [0.15, 0.2) is 6.54 Å². The summed E-state index contributed by atoms with van der Waals surface area (Å²) in [5, 5.41) is 2.56. The van der Waals surface area contributed by atoms with E-state index in [2.05, 4.69) is 5.32 Å². The van der Waals surface area contributed by atoms with Crippen LogP contribution in [0.25, 0.3) is 0 Å². The van der Waals surface area contributed by atoms with Gasteiger partial charge in [-0.05, 0) is 33.1 Å². The van der Waals surface area contributed by atoms with Crippen molar-refractivity contribution in [3.63, 3.8) is 0 Å². The molecule has 132 valence electrons. The summed E-state index contributed by atoms with van der Waals surface area (Å²) in [4.78, 5) is 37.1. The van der Waals surface area contributed by atoms with Crippen LogP contribution in [0.1, 0.15) is 52.7 Å². The monoisotopic (exact) mass is 338 g/mol. The number of carbonyl (C=O) groups excluding carboxylic acids is 3. The fourth-order valence-electron chi connectivity index (χ4n) is 2.94. The van der Waals surface area contributed by atoms with Gasteiger partial charge in [-0.1, -0.05) is 0 Å². The first-order valence-electron chi connectivity index (χ1n) is 8.17. The fraction of sp³-hybridized carbons (Fsp3) is 0.562. The number of likely N-dealkylation sites (tertiary alicyclic amines) is 1. The zero-order chi connectivity index (χ0) is 17.7. The molecule has 0 unspecified atom stereocenters. The van der Waals surface area contributed by atoms with Crippen molar-refractivity contribution in [2.24, 2.45) is 5.73 Å². The number of aryl methyl sites for hydroxylation is 1. The Morgan fingerprint density at radius 2 is 1.88 bits per heavy atom. The van der Waals surface area contributed by atoms with Crippen LogP contribution in [0.3, 0.4) is 0 Å². The summed E-state index contributed by atoms with van der Waals surface area (Å²) in [7, 11) is 0. The van der Waals surface area contributed by atoms with E-state index in [0.717, 1.165) is 25.9 Å². The average Bonchev–Trinajstić information content (AvgIpc) is 2.84. The first kappa shape index (κ1) is 18.0. The van der Waals surface area contributed by atoms with Gasteiger partial charge in [0.2, 0.25) is 5.88 Å². The second-order valence-electron chi connectivity index (χ2n) is 5.86. The van der Waals surface area contributed by atoms with Crippen molar-refractivity contribution in [3.05, 3.63) is 16.9 Å². The van der Waals surface area contributed by atoms with E-state index < -0.39 is 11.9 Å². The van der Waals surface area contributed by atoms with Crippen molar-refractivity contribution in [1.29, 1.82) is 0 Å². The van der Waals surface area contributed by atoms with Crippen molar-refractivity contribution >= 4 is 23.7 Å². The number of amides is 2. The molecule has 0 bridgehead atoms. The highest BCUT2D eigenvalue weighted by atomic mass is 16.5. The number of rotatable bonds is 6. The number of carbonyl (C=O) groups is 3. The summed E-state index contributed by atoms with van der Waals surface area (Å²) >= 11 is 0. The van der Waals surface area contributed by atoms with Crippen LogP contribution in [0.2, 0.25) is 0 Å². The first-order chi connectivity index (χ1) is 11.4. The van der Waals surface area contributed by atoms with Gasteiger partial charge in [0.25, 0.3) is 11.8 Å². The zero-order valence-electron chi connectivity index (χ0n) is 14.1. The normalized spacial score (nSPS) is 15.1. The zero-order valence-corrected chi connectivity index (χ0v) is 14.1. The molecule has 0 aromatic carbocycles. The minimum Gasteiger partial charge on any atom is -0.462 e. The van der Waals surface area contributed by atoms with Crippen molar-refractivity contribution < 1.29 is 28.4 Å². The molecule has 0 saturated carbocycles. The van der Waals surface area contributed by atoms with Crippen molar-refractivity contribution in [3.8, 4) is 0 Å². The van der Waals surface area contributed by atoms with E-state index in [1.165, 1.54) is 18.2 Å². The lowest BCUT2D eigenvalue weighted by Gasteiger charge is -2.22. The minimum absolute atomic E-state index is 0.0371. The van der Waals surface area contributed by atoms with Gasteiger partial charge in [0.1, 0.15) is 16.9 Å². The van der Waals surface area contributed by atoms with Crippen LogP contribution < -0.4 is 16.0 Å². The average molecular weight is 338 g/mol. The molecule has 8 nitrogen and oxygen atoms in total. The van der Waals surface area contributed by atoms with E-state index in [1.54, 1.807) is 6.92 Å². The second kappa shape index (κ2) is 7.96. The van der Waals surface area contributed by atoms with Crippen LogP contribution in [-0.4, -0.2) is 44.0 Å². The van der Waals surface area contributed by atoms with Crippen molar-refractivity contribution in [2.45, 2.75) is 33.1 Å². The molecule has 1 aromatic heterocycles. The van der Waals surface area contributed by atoms with Gasteiger partial charge >= 0.3 is 5.97 Å². The number of esters is 1. The lowest BCUT2D eigenvalue weighted by molar-refractivity contribution is -0.896. The van der Waals surface area contributed by atoms with E-state index in [-0.39, 0.29) is 41.8 Å². The van der Waals surface area contributed by atoms with Crippen LogP contribution in [0.15, 0.2) is 4.42 Å². The molecule has 1 aliphatic heterocycles. The Labute approximate surface area is 140 Å². The molecule has 0 atom stereocenters.